The molecule has 0 bridgehead atoms. The van der Waals surface area contributed by atoms with Crippen molar-refractivity contribution >= 4 is 22.1 Å². The van der Waals surface area contributed by atoms with Crippen molar-refractivity contribution in [2.75, 3.05) is 7.11 Å². The van der Waals surface area contributed by atoms with E-state index in [2.05, 4.69) is 5.10 Å². The Morgan fingerprint density at radius 3 is 3.15 bits per heavy atom. The molecule has 0 aromatic carbocycles. The van der Waals surface area contributed by atoms with E-state index in [1.807, 2.05) is 0 Å². The summed E-state index contributed by atoms with van der Waals surface area (Å²) < 4.78 is 6.34. The molecule has 2 rings (SSSR count). The van der Waals surface area contributed by atoms with E-state index in [-0.39, 0.29) is 11.4 Å². The lowest BCUT2D eigenvalue weighted by Gasteiger charge is -1.93. The summed E-state index contributed by atoms with van der Waals surface area (Å²) in [6, 6.07) is 0. The minimum absolute atomic E-state index is 0.123. The maximum atomic E-state index is 10.8. The molecule has 0 saturated heterocycles. The van der Waals surface area contributed by atoms with Gasteiger partial charge in [-0.3, -0.25) is 0 Å². The van der Waals surface area contributed by atoms with Crippen LogP contribution in [0.15, 0.2) is 11.6 Å². The number of hydrogen-bond donors (Lipinski definition) is 1. The van der Waals surface area contributed by atoms with E-state index in [4.69, 9.17) is 9.84 Å². The number of aromatic carboxylic acids is 1. The van der Waals surface area contributed by atoms with Crippen LogP contribution in [0.5, 0.6) is 5.88 Å². The predicted molar refractivity (Wildman–Crippen MR) is 46.6 cm³/mol. The number of aromatic nitrogens is 2. The molecule has 0 aliphatic heterocycles. The van der Waals surface area contributed by atoms with Crippen molar-refractivity contribution in [3.8, 4) is 5.88 Å². The number of nitrogens with zero attached hydrogens (tertiary/aromatic N) is 2. The molecule has 0 amide bonds. The molecule has 2 aromatic rings. The predicted octanol–water partition coefficient (Wildman–Crippen LogP) is 1.10. The number of carbonyl (C=O) groups is 1. The highest BCUT2D eigenvalue weighted by molar-refractivity contribution is 7.16. The van der Waals surface area contributed by atoms with Crippen molar-refractivity contribution < 1.29 is 14.6 Å². The Morgan fingerprint density at radius 2 is 2.54 bits per heavy atom. The lowest BCUT2D eigenvalue weighted by Crippen LogP contribution is -1.97. The van der Waals surface area contributed by atoms with Crippen LogP contribution in [0.1, 0.15) is 10.4 Å². The third kappa shape index (κ3) is 1.06. The minimum atomic E-state index is -1.02. The van der Waals surface area contributed by atoms with Gasteiger partial charge in [0.05, 0.1) is 7.11 Å². The van der Waals surface area contributed by atoms with E-state index in [0.29, 0.717) is 4.83 Å². The molecule has 0 saturated carbocycles. The lowest BCUT2D eigenvalue weighted by molar-refractivity contribution is 0.0695. The first-order chi connectivity index (χ1) is 6.24. The molecule has 0 radical (unpaired) electrons. The third-order valence-electron chi connectivity index (χ3n) is 1.62. The number of methoxy groups -OCH3 is 1. The van der Waals surface area contributed by atoms with Gasteiger partial charge in [-0.25, -0.2) is 9.31 Å². The molecule has 0 unspecified atom stereocenters. The lowest BCUT2D eigenvalue weighted by atomic mass is 10.3. The van der Waals surface area contributed by atoms with Gasteiger partial charge in [0.2, 0.25) is 5.88 Å². The summed E-state index contributed by atoms with van der Waals surface area (Å²) in [6.07, 6.45) is 1.69. The first-order valence-electron chi connectivity index (χ1n) is 3.47. The Bertz CT molecular complexity index is 459. The summed E-state index contributed by atoms with van der Waals surface area (Å²) in [6.45, 7) is 0. The van der Waals surface area contributed by atoms with Crippen LogP contribution >= 0.6 is 11.3 Å². The van der Waals surface area contributed by atoms with Gasteiger partial charge >= 0.3 is 5.97 Å². The smallest absolute Gasteiger partial charge is 0.344 e. The molecule has 0 spiro atoms. The Labute approximate surface area is 77.2 Å². The van der Waals surface area contributed by atoms with Crippen molar-refractivity contribution in [2.24, 2.45) is 0 Å². The molecule has 0 aliphatic carbocycles. The number of hydrogen-bond acceptors (Lipinski definition) is 4. The number of fused-ring (bicyclic) bond motifs is 1. The number of ether oxygens (including phenoxy) is 1. The molecule has 0 atom stereocenters. The molecule has 6 heteroatoms. The van der Waals surface area contributed by atoms with Crippen LogP contribution in [0, 0.1) is 0 Å². The zero-order valence-corrected chi connectivity index (χ0v) is 7.54. The first-order valence-corrected chi connectivity index (χ1v) is 4.35. The number of carboxylic acid groups (broad SMARTS) is 1. The van der Waals surface area contributed by atoms with Crippen LogP contribution in [0.25, 0.3) is 4.83 Å². The summed E-state index contributed by atoms with van der Waals surface area (Å²) in [4.78, 5) is 11.4. The second kappa shape index (κ2) is 2.74. The maximum Gasteiger partial charge on any atom is 0.344 e. The van der Waals surface area contributed by atoms with Crippen molar-refractivity contribution in [1.82, 2.24) is 9.61 Å². The van der Waals surface area contributed by atoms with Crippen LogP contribution in [0.2, 0.25) is 0 Å². The molecule has 13 heavy (non-hydrogen) atoms. The minimum Gasteiger partial charge on any atom is -0.479 e. The highest BCUT2D eigenvalue weighted by Gasteiger charge is 2.20. The number of thiazole rings is 1. The van der Waals surface area contributed by atoms with Crippen molar-refractivity contribution in [2.45, 2.75) is 0 Å². The van der Waals surface area contributed by atoms with E-state index >= 15 is 0 Å². The van der Waals surface area contributed by atoms with Gasteiger partial charge in [0.25, 0.3) is 0 Å². The molecule has 2 aromatic heterocycles. The molecule has 0 fully saturated rings. The van der Waals surface area contributed by atoms with Gasteiger partial charge in [-0.15, -0.1) is 16.4 Å². The molecule has 0 aliphatic rings. The highest BCUT2D eigenvalue weighted by Crippen LogP contribution is 2.25. The summed E-state index contributed by atoms with van der Waals surface area (Å²) in [5, 5.41) is 14.6. The first kappa shape index (κ1) is 8.06. The third-order valence-corrected chi connectivity index (χ3v) is 2.50. The Hall–Kier alpha value is -1.56. The zero-order valence-electron chi connectivity index (χ0n) is 6.72. The van der Waals surface area contributed by atoms with Crippen LogP contribution < -0.4 is 4.74 Å². The average molecular weight is 198 g/mol. The summed E-state index contributed by atoms with van der Waals surface area (Å²) in [5.74, 6) is -0.867. The molecule has 1 N–H and O–H groups in total. The van der Waals surface area contributed by atoms with Gasteiger partial charge in [0.15, 0.2) is 5.56 Å². The number of carboxylic acids is 1. The summed E-state index contributed by atoms with van der Waals surface area (Å²) >= 11 is 1.32. The van der Waals surface area contributed by atoms with Crippen LogP contribution in [-0.2, 0) is 0 Å². The standard InChI is InChI=1S/C7H6N2O3S/c1-12-5-4(7(10)11)6-9(8-5)2-3-13-6/h2-3H,1H3,(H,10,11). The van der Waals surface area contributed by atoms with Gasteiger partial charge in [0.1, 0.15) is 4.83 Å². The molecular weight excluding hydrogens is 192 g/mol. The highest BCUT2D eigenvalue weighted by atomic mass is 32.1. The Kier molecular flexibility index (Phi) is 1.70. The van der Waals surface area contributed by atoms with Crippen molar-refractivity contribution in [3.63, 3.8) is 0 Å². The van der Waals surface area contributed by atoms with Crippen molar-refractivity contribution in [3.05, 3.63) is 17.1 Å². The number of rotatable bonds is 2. The monoisotopic (exact) mass is 198 g/mol. The van der Waals surface area contributed by atoms with Crippen LogP contribution in [-0.4, -0.2) is 27.8 Å². The van der Waals surface area contributed by atoms with E-state index in [1.54, 1.807) is 11.6 Å². The van der Waals surface area contributed by atoms with Gasteiger partial charge < -0.3 is 9.84 Å². The van der Waals surface area contributed by atoms with Crippen LogP contribution in [0.4, 0.5) is 0 Å². The fourth-order valence-corrected chi connectivity index (χ4v) is 1.90. The van der Waals surface area contributed by atoms with Gasteiger partial charge in [-0.05, 0) is 0 Å². The van der Waals surface area contributed by atoms with Gasteiger partial charge in [0, 0.05) is 11.6 Å². The van der Waals surface area contributed by atoms with Gasteiger partial charge in [-0.1, -0.05) is 0 Å². The normalized spacial score (nSPS) is 10.5. The SMILES string of the molecule is COc1nn2ccsc2c1C(=O)O. The largest absolute Gasteiger partial charge is 0.479 e. The second-order valence-electron chi connectivity index (χ2n) is 2.34. The quantitative estimate of drug-likeness (QED) is 0.784. The molecule has 5 nitrogen and oxygen atoms in total. The fourth-order valence-electron chi connectivity index (χ4n) is 1.09. The maximum absolute atomic E-state index is 10.8. The zero-order chi connectivity index (χ0) is 9.42. The topological polar surface area (TPSA) is 63.8 Å². The second-order valence-corrected chi connectivity index (χ2v) is 3.24. The van der Waals surface area contributed by atoms with Crippen molar-refractivity contribution in [1.29, 1.82) is 0 Å². The Balaban J connectivity index is 2.77. The summed E-state index contributed by atoms with van der Waals surface area (Å²) in [5.41, 5.74) is 0.123. The molecular formula is C7H6N2O3S. The molecule has 2 heterocycles. The van der Waals surface area contributed by atoms with E-state index in [1.165, 1.54) is 23.0 Å². The molecule has 68 valence electrons. The van der Waals surface area contributed by atoms with E-state index in [0.717, 1.165) is 0 Å². The summed E-state index contributed by atoms with van der Waals surface area (Å²) in [7, 11) is 1.40. The van der Waals surface area contributed by atoms with Crippen LogP contribution in [0.3, 0.4) is 0 Å². The van der Waals surface area contributed by atoms with E-state index in [9.17, 15) is 4.79 Å². The van der Waals surface area contributed by atoms with E-state index < -0.39 is 5.97 Å². The fraction of sp³-hybridized carbons (Fsp3) is 0.143. The Morgan fingerprint density at radius 1 is 1.77 bits per heavy atom. The average Bonchev–Trinajstić information content (AvgIpc) is 2.59. The van der Waals surface area contributed by atoms with Gasteiger partial charge in [-0.2, -0.15) is 0 Å².